The molecule has 0 saturated heterocycles. The number of carbonyl (C=O) groups is 1. The van der Waals surface area contributed by atoms with Crippen molar-refractivity contribution in [3.8, 4) is 23.1 Å². The summed E-state index contributed by atoms with van der Waals surface area (Å²) < 4.78 is 26.5. The molecule has 1 amide bonds. The third-order valence-corrected chi connectivity index (χ3v) is 3.92. The van der Waals surface area contributed by atoms with Crippen molar-refractivity contribution in [1.29, 1.82) is 5.26 Å². The fraction of sp³-hybridized carbons (Fsp3) is 0.0500. The minimum absolute atomic E-state index is 0.00373. The molecule has 0 aliphatic carbocycles. The van der Waals surface area contributed by atoms with Crippen molar-refractivity contribution in [2.24, 2.45) is 4.99 Å². The molecule has 2 heterocycles. The van der Waals surface area contributed by atoms with Crippen LogP contribution >= 0.6 is 0 Å². The Morgan fingerprint density at radius 3 is 2.59 bits per heavy atom. The lowest BCUT2D eigenvalue weighted by Crippen LogP contribution is -2.19. The van der Waals surface area contributed by atoms with Gasteiger partial charge in [-0.15, -0.1) is 0 Å². The number of nitrogens with one attached hydrogen (secondary N) is 1. The van der Waals surface area contributed by atoms with Crippen LogP contribution in [0.4, 0.5) is 14.5 Å². The van der Waals surface area contributed by atoms with Gasteiger partial charge >= 0.3 is 0 Å². The van der Waals surface area contributed by atoms with Crippen LogP contribution in [-0.4, -0.2) is 33.7 Å². The van der Waals surface area contributed by atoms with Crippen LogP contribution in [0.2, 0.25) is 0 Å². The molecule has 0 bridgehead atoms. The largest absolute Gasteiger partial charge is 0.505 e. The van der Waals surface area contributed by atoms with Crippen LogP contribution in [0.25, 0.3) is 11.3 Å². The number of nitriles is 1. The van der Waals surface area contributed by atoms with Crippen molar-refractivity contribution in [2.45, 2.75) is 0 Å². The first-order chi connectivity index (χ1) is 13.9. The van der Waals surface area contributed by atoms with Gasteiger partial charge in [0.25, 0.3) is 5.91 Å². The number of aromatic hydroxyl groups is 1. The van der Waals surface area contributed by atoms with Gasteiger partial charge in [-0.1, -0.05) is 0 Å². The van der Waals surface area contributed by atoms with E-state index < -0.39 is 17.5 Å². The maximum Gasteiger partial charge on any atom is 0.269 e. The van der Waals surface area contributed by atoms with Crippen LogP contribution in [-0.2, 0) is 0 Å². The number of hydrogen-bond donors (Lipinski definition) is 2. The highest BCUT2D eigenvalue weighted by Gasteiger charge is 2.17. The van der Waals surface area contributed by atoms with Crippen LogP contribution in [0, 0.1) is 23.0 Å². The number of aliphatic imine (C=N–C) groups is 1. The van der Waals surface area contributed by atoms with Crippen molar-refractivity contribution < 1.29 is 18.7 Å². The number of aromatic nitrogens is 2. The molecule has 0 spiro atoms. The van der Waals surface area contributed by atoms with Gasteiger partial charge in [-0.25, -0.2) is 13.8 Å². The predicted octanol–water partition coefficient (Wildman–Crippen LogP) is 3.13. The Bertz CT molecular complexity index is 1170. The van der Waals surface area contributed by atoms with Gasteiger partial charge in [0.05, 0.1) is 11.3 Å². The first-order valence-electron chi connectivity index (χ1n) is 8.25. The zero-order valence-corrected chi connectivity index (χ0v) is 15.0. The number of hydrogen-bond acceptors (Lipinski definition) is 6. The second-order valence-corrected chi connectivity index (χ2v) is 5.74. The van der Waals surface area contributed by atoms with Gasteiger partial charge < -0.3 is 10.4 Å². The normalized spacial score (nSPS) is 11.0. The fourth-order valence-corrected chi connectivity index (χ4v) is 2.52. The SMILES string of the molecule is CNC(=O)c1cc(-c2nccc(/C(C#N)=N/c3ccc(F)c(F)c3)c2O)ccn1. The monoisotopic (exact) mass is 393 g/mol. The van der Waals surface area contributed by atoms with E-state index in [4.69, 9.17) is 0 Å². The van der Waals surface area contributed by atoms with E-state index in [-0.39, 0.29) is 34.1 Å². The zero-order valence-electron chi connectivity index (χ0n) is 15.0. The van der Waals surface area contributed by atoms with Crippen LogP contribution in [0.15, 0.2) is 53.8 Å². The Kier molecular flexibility index (Phi) is 5.55. The van der Waals surface area contributed by atoms with Crippen LogP contribution < -0.4 is 5.32 Å². The van der Waals surface area contributed by atoms with Gasteiger partial charge in [0.15, 0.2) is 23.1 Å². The number of benzene rings is 1. The highest BCUT2D eigenvalue weighted by atomic mass is 19.2. The lowest BCUT2D eigenvalue weighted by atomic mass is 10.0. The van der Waals surface area contributed by atoms with E-state index in [1.54, 1.807) is 0 Å². The molecule has 29 heavy (non-hydrogen) atoms. The highest BCUT2D eigenvalue weighted by Crippen LogP contribution is 2.31. The molecular formula is C20H13F2N5O2. The van der Waals surface area contributed by atoms with E-state index in [2.05, 4.69) is 20.3 Å². The molecule has 0 fully saturated rings. The first kappa shape index (κ1) is 19.6. The third kappa shape index (κ3) is 4.06. The predicted molar refractivity (Wildman–Crippen MR) is 101 cm³/mol. The molecule has 2 N–H and O–H groups in total. The van der Waals surface area contributed by atoms with Crippen molar-refractivity contribution in [1.82, 2.24) is 15.3 Å². The summed E-state index contributed by atoms with van der Waals surface area (Å²) >= 11 is 0. The average molecular weight is 393 g/mol. The second-order valence-electron chi connectivity index (χ2n) is 5.74. The van der Waals surface area contributed by atoms with Crippen molar-refractivity contribution in [3.05, 3.63) is 71.7 Å². The Morgan fingerprint density at radius 2 is 1.90 bits per heavy atom. The van der Waals surface area contributed by atoms with E-state index in [9.17, 15) is 23.9 Å². The molecule has 1 aromatic carbocycles. The summed E-state index contributed by atoms with van der Waals surface area (Å²) in [7, 11) is 1.46. The molecule has 9 heteroatoms. The molecule has 3 rings (SSSR count). The fourth-order valence-electron chi connectivity index (χ4n) is 2.52. The Hall–Kier alpha value is -4.19. The summed E-state index contributed by atoms with van der Waals surface area (Å²) in [5.74, 6) is -2.92. The molecule has 0 aliphatic heterocycles. The van der Waals surface area contributed by atoms with Crippen LogP contribution in [0.5, 0.6) is 5.75 Å². The van der Waals surface area contributed by atoms with E-state index in [1.165, 1.54) is 43.7 Å². The van der Waals surface area contributed by atoms with Gasteiger partial charge in [0.1, 0.15) is 17.5 Å². The molecule has 0 radical (unpaired) electrons. The molecule has 3 aromatic rings. The van der Waals surface area contributed by atoms with Crippen molar-refractivity contribution in [2.75, 3.05) is 7.05 Å². The Balaban J connectivity index is 2.08. The molecule has 2 aromatic heterocycles. The molecule has 0 saturated carbocycles. The molecular weight excluding hydrogens is 380 g/mol. The van der Waals surface area contributed by atoms with Crippen LogP contribution in [0.1, 0.15) is 16.1 Å². The molecule has 0 atom stereocenters. The Morgan fingerprint density at radius 1 is 1.14 bits per heavy atom. The number of amides is 1. The second kappa shape index (κ2) is 8.22. The number of pyridine rings is 2. The van der Waals surface area contributed by atoms with E-state index in [0.717, 1.165) is 12.1 Å². The maximum absolute atomic E-state index is 13.4. The van der Waals surface area contributed by atoms with Gasteiger partial charge in [0, 0.05) is 31.1 Å². The molecule has 0 unspecified atom stereocenters. The highest BCUT2D eigenvalue weighted by molar-refractivity contribution is 6.15. The van der Waals surface area contributed by atoms with Gasteiger partial charge in [-0.3, -0.25) is 14.8 Å². The van der Waals surface area contributed by atoms with Crippen molar-refractivity contribution >= 4 is 17.3 Å². The number of carbonyl (C=O) groups excluding carboxylic acids is 1. The standard InChI is InChI=1S/C20H13F2N5O2/c1-24-20(29)16-8-11(4-6-25-16)18-19(28)13(5-7-26-18)17(10-23)27-12-2-3-14(21)15(22)9-12/h2-9,28H,1H3,(H,24,29)/b27-17+. The smallest absolute Gasteiger partial charge is 0.269 e. The van der Waals surface area contributed by atoms with Gasteiger partial charge in [-0.2, -0.15) is 5.26 Å². The summed E-state index contributed by atoms with van der Waals surface area (Å²) in [6.07, 6.45) is 2.73. The quantitative estimate of drug-likeness (QED) is 0.662. The number of halogens is 2. The summed E-state index contributed by atoms with van der Waals surface area (Å²) in [4.78, 5) is 23.8. The Labute approximate surface area is 164 Å². The lowest BCUT2D eigenvalue weighted by molar-refractivity contribution is 0.0958. The molecule has 0 aliphatic rings. The topological polar surface area (TPSA) is 111 Å². The first-order valence-corrected chi connectivity index (χ1v) is 8.25. The summed E-state index contributed by atoms with van der Waals surface area (Å²) in [5, 5.41) is 22.6. The zero-order chi connectivity index (χ0) is 21.0. The van der Waals surface area contributed by atoms with Crippen molar-refractivity contribution in [3.63, 3.8) is 0 Å². The van der Waals surface area contributed by atoms with Gasteiger partial charge in [-0.05, 0) is 30.3 Å². The summed E-state index contributed by atoms with van der Waals surface area (Å²) in [6.45, 7) is 0. The minimum Gasteiger partial charge on any atom is -0.505 e. The summed E-state index contributed by atoms with van der Waals surface area (Å²) in [6, 6.07) is 9.09. The van der Waals surface area contributed by atoms with E-state index in [1.807, 2.05) is 6.07 Å². The van der Waals surface area contributed by atoms with E-state index >= 15 is 0 Å². The van der Waals surface area contributed by atoms with Crippen LogP contribution in [0.3, 0.4) is 0 Å². The lowest BCUT2D eigenvalue weighted by Gasteiger charge is -2.09. The average Bonchev–Trinajstić information content (AvgIpc) is 2.74. The summed E-state index contributed by atoms with van der Waals surface area (Å²) in [5.41, 5.74) is 0.432. The maximum atomic E-state index is 13.4. The molecule has 144 valence electrons. The number of nitrogens with zero attached hydrogens (tertiary/aromatic N) is 4. The third-order valence-electron chi connectivity index (χ3n) is 3.92. The number of rotatable bonds is 4. The molecule has 7 nitrogen and oxygen atoms in total. The minimum atomic E-state index is -1.11. The van der Waals surface area contributed by atoms with Gasteiger partial charge in [0.2, 0.25) is 0 Å². The van der Waals surface area contributed by atoms with E-state index in [0.29, 0.717) is 5.56 Å².